The highest BCUT2D eigenvalue weighted by atomic mass is 35.5. The topological polar surface area (TPSA) is 24.5 Å². The minimum atomic E-state index is -0.437. The standard InChI is InChI=1S/C14H19Cl2FN2O/c1-10(13-11(15)2-3-12(17)14(13)16)18-4-5-19-6-8-20-9-7-19/h2-3,10,18H,4-9H2,1H3. The van der Waals surface area contributed by atoms with Crippen molar-refractivity contribution in [1.29, 1.82) is 0 Å². The molecule has 1 heterocycles. The van der Waals surface area contributed by atoms with Crippen LogP contribution < -0.4 is 5.32 Å². The van der Waals surface area contributed by atoms with Crippen LogP contribution in [0.5, 0.6) is 0 Å². The molecule has 1 aliphatic heterocycles. The van der Waals surface area contributed by atoms with E-state index in [1.54, 1.807) is 0 Å². The van der Waals surface area contributed by atoms with Crippen LogP contribution in [0, 0.1) is 5.82 Å². The summed E-state index contributed by atoms with van der Waals surface area (Å²) in [5.74, 6) is -0.437. The van der Waals surface area contributed by atoms with Gasteiger partial charge in [-0.3, -0.25) is 4.90 Å². The molecule has 2 rings (SSSR count). The lowest BCUT2D eigenvalue weighted by Crippen LogP contribution is -2.40. The second-order valence-corrected chi connectivity index (χ2v) is 5.67. The van der Waals surface area contributed by atoms with Gasteiger partial charge in [-0.1, -0.05) is 23.2 Å². The van der Waals surface area contributed by atoms with Gasteiger partial charge in [0.2, 0.25) is 0 Å². The Hall–Kier alpha value is -0.390. The number of nitrogens with zero attached hydrogens (tertiary/aromatic N) is 1. The summed E-state index contributed by atoms with van der Waals surface area (Å²) in [6.45, 7) is 7.15. The zero-order valence-electron chi connectivity index (χ0n) is 11.5. The number of hydrogen-bond donors (Lipinski definition) is 1. The summed E-state index contributed by atoms with van der Waals surface area (Å²) < 4.78 is 18.8. The number of rotatable bonds is 5. The Bertz CT molecular complexity index is 453. The Balaban J connectivity index is 1.88. The predicted molar refractivity (Wildman–Crippen MR) is 80.1 cm³/mol. The fraction of sp³-hybridized carbons (Fsp3) is 0.571. The summed E-state index contributed by atoms with van der Waals surface area (Å²) in [5.41, 5.74) is 0.621. The Kier molecular flexibility index (Phi) is 6.05. The predicted octanol–water partition coefficient (Wildman–Crippen LogP) is 3.12. The maximum Gasteiger partial charge on any atom is 0.142 e. The van der Waals surface area contributed by atoms with Gasteiger partial charge in [0, 0.05) is 42.8 Å². The molecule has 0 aliphatic carbocycles. The molecule has 6 heteroatoms. The van der Waals surface area contributed by atoms with E-state index in [0.29, 0.717) is 10.6 Å². The molecule has 1 aromatic rings. The zero-order chi connectivity index (χ0) is 14.5. The molecule has 0 saturated carbocycles. The van der Waals surface area contributed by atoms with Crippen LogP contribution in [0.15, 0.2) is 12.1 Å². The van der Waals surface area contributed by atoms with Gasteiger partial charge in [-0.05, 0) is 19.1 Å². The van der Waals surface area contributed by atoms with Crippen LogP contribution in [-0.2, 0) is 4.74 Å². The van der Waals surface area contributed by atoms with Crippen LogP contribution in [0.4, 0.5) is 4.39 Å². The van der Waals surface area contributed by atoms with Gasteiger partial charge in [0.25, 0.3) is 0 Å². The van der Waals surface area contributed by atoms with Crippen molar-refractivity contribution in [1.82, 2.24) is 10.2 Å². The van der Waals surface area contributed by atoms with E-state index in [1.807, 2.05) is 6.92 Å². The second kappa shape index (κ2) is 7.57. The third-order valence-electron chi connectivity index (χ3n) is 3.49. The van der Waals surface area contributed by atoms with Gasteiger partial charge in [-0.25, -0.2) is 4.39 Å². The quantitative estimate of drug-likeness (QED) is 0.844. The molecular weight excluding hydrogens is 302 g/mol. The first-order valence-corrected chi connectivity index (χ1v) is 7.52. The fourth-order valence-electron chi connectivity index (χ4n) is 2.31. The molecule has 112 valence electrons. The van der Waals surface area contributed by atoms with Gasteiger partial charge >= 0.3 is 0 Å². The minimum absolute atomic E-state index is 0.0910. The van der Waals surface area contributed by atoms with Crippen LogP contribution in [0.2, 0.25) is 10.0 Å². The normalized spacial score (nSPS) is 18.2. The molecule has 1 fully saturated rings. The highest BCUT2D eigenvalue weighted by molar-refractivity contribution is 6.36. The average molecular weight is 321 g/mol. The summed E-state index contributed by atoms with van der Waals surface area (Å²) in [6, 6.07) is 2.74. The van der Waals surface area contributed by atoms with E-state index in [2.05, 4.69) is 10.2 Å². The highest BCUT2D eigenvalue weighted by Crippen LogP contribution is 2.32. The van der Waals surface area contributed by atoms with Crippen molar-refractivity contribution in [3.63, 3.8) is 0 Å². The van der Waals surface area contributed by atoms with Crippen LogP contribution in [0.1, 0.15) is 18.5 Å². The number of halogens is 3. The molecule has 1 saturated heterocycles. The summed E-state index contributed by atoms with van der Waals surface area (Å²) in [5, 5.41) is 3.93. The third-order valence-corrected chi connectivity index (χ3v) is 4.21. The van der Waals surface area contributed by atoms with Crippen molar-refractivity contribution in [2.24, 2.45) is 0 Å². The van der Waals surface area contributed by atoms with Crippen molar-refractivity contribution in [3.05, 3.63) is 33.6 Å². The molecule has 0 bridgehead atoms. The van der Waals surface area contributed by atoms with Crippen molar-refractivity contribution in [3.8, 4) is 0 Å². The van der Waals surface area contributed by atoms with Gasteiger partial charge in [-0.2, -0.15) is 0 Å². The Labute approximate surface area is 129 Å². The summed E-state index contributed by atoms with van der Waals surface area (Å²) >= 11 is 12.1. The van der Waals surface area contributed by atoms with Crippen molar-refractivity contribution >= 4 is 23.2 Å². The van der Waals surface area contributed by atoms with Gasteiger partial charge in [0.1, 0.15) is 5.82 Å². The largest absolute Gasteiger partial charge is 0.379 e. The zero-order valence-corrected chi connectivity index (χ0v) is 13.0. The van der Waals surface area contributed by atoms with Gasteiger partial charge in [-0.15, -0.1) is 0 Å². The van der Waals surface area contributed by atoms with Crippen LogP contribution >= 0.6 is 23.2 Å². The van der Waals surface area contributed by atoms with Crippen LogP contribution in [-0.4, -0.2) is 44.3 Å². The van der Waals surface area contributed by atoms with E-state index >= 15 is 0 Å². The number of hydrogen-bond acceptors (Lipinski definition) is 3. The summed E-state index contributed by atoms with van der Waals surface area (Å²) in [4.78, 5) is 2.33. The molecule has 0 aromatic heterocycles. The van der Waals surface area contributed by atoms with E-state index < -0.39 is 5.82 Å². The monoisotopic (exact) mass is 320 g/mol. The SMILES string of the molecule is CC(NCCN1CCOCC1)c1c(Cl)ccc(F)c1Cl. The molecule has 1 aliphatic rings. The first-order valence-electron chi connectivity index (χ1n) is 6.76. The molecule has 0 amide bonds. The minimum Gasteiger partial charge on any atom is -0.379 e. The van der Waals surface area contributed by atoms with Crippen LogP contribution in [0.25, 0.3) is 0 Å². The van der Waals surface area contributed by atoms with E-state index in [0.717, 1.165) is 39.4 Å². The Morgan fingerprint density at radius 2 is 2.05 bits per heavy atom. The van der Waals surface area contributed by atoms with Gasteiger partial charge in [0.05, 0.1) is 18.2 Å². The van der Waals surface area contributed by atoms with Crippen molar-refractivity contribution in [2.75, 3.05) is 39.4 Å². The summed E-state index contributed by atoms with van der Waals surface area (Å²) in [7, 11) is 0. The number of nitrogens with one attached hydrogen (secondary N) is 1. The van der Waals surface area contributed by atoms with Gasteiger partial charge in [0.15, 0.2) is 0 Å². The van der Waals surface area contributed by atoms with Gasteiger partial charge < -0.3 is 10.1 Å². The second-order valence-electron chi connectivity index (χ2n) is 4.89. The average Bonchev–Trinajstić information content (AvgIpc) is 2.44. The molecule has 20 heavy (non-hydrogen) atoms. The first kappa shape index (κ1) is 16.0. The lowest BCUT2D eigenvalue weighted by Gasteiger charge is -2.27. The smallest absolute Gasteiger partial charge is 0.142 e. The number of morpholine rings is 1. The van der Waals surface area contributed by atoms with E-state index in [9.17, 15) is 4.39 Å². The van der Waals surface area contributed by atoms with E-state index in [1.165, 1.54) is 12.1 Å². The number of benzene rings is 1. The Morgan fingerprint density at radius 3 is 2.75 bits per heavy atom. The number of ether oxygens (including phenoxy) is 1. The molecule has 1 N–H and O–H groups in total. The van der Waals surface area contributed by atoms with Crippen LogP contribution in [0.3, 0.4) is 0 Å². The molecule has 0 spiro atoms. The lowest BCUT2D eigenvalue weighted by atomic mass is 10.1. The molecule has 0 radical (unpaired) electrons. The Morgan fingerprint density at radius 1 is 1.35 bits per heavy atom. The molecule has 1 unspecified atom stereocenters. The maximum absolute atomic E-state index is 13.5. The summed E-state index contributed by atoms with van der Waals surface area (Å²) in [6.07, 6.45) is 0. The molecule has 1 atom stereocenters. The first-order chi connectivity index (χ1) is 9.59. The molecule has 1 aromatic carbocycles. The van der Waals surface area contributed by atoms with E-state index in [4.69, 9.17) is 27.9 Å². The molecule has 3 nitrogen and oxygen atoms in total. The fourth-order valence-corrected chi connectivity index (χ4v) is 3.00. The van der Waals surface area contributed by atoms with Crippen molar-refractivity contribution < 1.29 is 9.13 Å². The van der Waals surface area contributed by atoms with Crippen molar-refractivity contribution in [2.45, 2.75) is 13.0 Å². The highest BCUT2D eigenvalue weighted by Gasteiger charge is 2.17. The third kappa shape index (κ3) is 4.06. The molecular formula is C14H19Cl2FN2O. The lowest BCUT2D eigenvalue weighted by molar-refractivity contribution is 0.0382. The van der Waals surface area contributed by atoms with E-state index in [-0.39, 0.29) is 11.1 Å². The maximum atomic E-state index is 13.5.